The van der Waals surface area contributed by atoms with Crippen LogP contribution in [0.2, 0.25) is 0 Å². The van der Waals surface area contributed by atoms with Crippen LogP contribution in [0.1, 0.15) is 37.8 Å². The number of nitrogens with one attached hydrogen (secondary N) is 1. The molecule has 1 saturated heterocycles. The molecule has 1 aromatic heterocycles. The molecule has 2 amide bonds. The van der Waals surface area contributed by atoms with E-state index in [2.05, 4.69) is 10.3 Å². The van der Waals surface area contributed by atoms with Crippen LogP contribution in [-0.4, -0.2) is 48.7 Å². The number of nitrogens with zero attached hydrogens (tertiary/aromatic N) is 3. The highest BCUT2D eigenvalue weighted by Gasteiger charge is 2.35. The van der Waals surface area contributed by atoms with Crippen LogP contribution in [-0.2, 0) is 26.0 Å². The molecule has 2 aromatic rings. The molecule has 1 N–H and O–H groups in total. The first kappa shape index (κ1) is 22.4. The number of carbonyl (C=O) groups is 2. The van der Waals surface area contributed by atoms with E-state index in [0.717, 1.165) is 16.8 Å². The predicted molar refractivity (Wildman–Crippen MR) is 122 cm³/mol. The molecule has 8 nitrogen and oxygen atoms in total. The van der Waals surface area contributed by atoms with E-state index in [1.165, 1.54) is 11.2 Å². The number of hydrogen-bond acceptors (Lipinski definition) is 5. The second-order valence-electron chi connectivity index (χ2n) is 8.64. The third-order valence-corrected chi connectivity index (χ3v) is 8.02. The smallest absolute Gasteiger partial charge is 0.243 e. The normalized spacial score (nSPS) is 21.3. The lowest BCUT2D eigenvalue weighted by molar-refractivity contribution is -0.121. The fourth-order valence-electron chi connectivity index (χ4n) is 4.54. The minimum atomic E-state index is -3.75. The van der Waals surface area contributed by atoms with Crippen molar-refractivity contribution in [2.24, 2.45) is 5.92 Å². The van der Waals surface area contributed by atoms with E-state index < -0.39 is 15.9 Å². The third kappa shape index (κ3) is 4.27. The lowest BCUT2D eigenvalue weighted by atomic mass is 9.99. The number of rotatable bonds is 4. The van der Waals surface area contributed by atoms with E-state index in [0.29, 0.717) is 31.6 Å². The molecule has 0 aliphatic carbocycles. The molecule has 1 fully saturated rings. The molecule has 9 heteroatoms. The molecular weight excluding hydrogens is 428 g/mol. The van der Waals surface area contributed by atoms with Gasteiger partial charge in [-0.1, -0.05) is 6.07 Å². The van der Waals surface area contributed by atoms with Crippen molar-refractivity contribution >= 4 is 33.3 Å². The molecule has 0 bridgehead atoms. The summed E-state index contributed by atoms with van der Waals surface area (Å²) in [6.45, 7) is 5.89. The molecule has 0 saturated carbocycles. The van der Waals surface area contributed by atoms with E-state index in [-0.39, 0.29) is 29.3 Å². The summed E-state index contributed by atoms with van der Waals surface area (Å²) in [6.07, 6.45) is 3.53. The van der Waals surface area contributed by atoms with Crippen molar-refractivity contribution in [2.75, 3.05) is 23.3 Å². The van der Waals surface area contributed by atoms with Crippen LogP contribution in [0.25, 0.3) is 0 Å². The highest BCUT2D eigenvalue weighted by molar-refractivity contribution is 7.89. The van der Waals surface area contributed by atoms with E-state index in [4.69, 9.17) is 0 Å². The Kier molecular flexibility index (Phi) is 6.05. The van der Waals surface area contributed by atoms with Crippen LogP contribution in [0.3, 0.4) is 0 Å². The number of amides is 2. The van der Waals surface area contributed by atoms with Crippen LogP contribution in [0.15, 0.2) is 41.4 Å². The fourth-order valence-corrected chi connectivity index (χ4v) is 6.12. The number of carbonyl (C=O) groups excluding carboxylic acids is 2. The Morgan fingerprint density at radius 3 is 2.66 bits per heavy atom. The third-order valence-electron chi connectivity index (χ3n) is 6.16. The minimum Gasteiger partial charge on any atom is -0.310 e. The van der Waals surface area contributed by atoms with Gasteiger partial charge in [-0.3, -0.25) is 9.59 Å². The van der Waals surface area contributed by atoms with E-state index >= 15 is 0 Å². The molecular formula is C23H28N4O4S. The molecule has 0 spiro atoms. The summed E-state index contributed by atoms with van der Waals surface area (Å²) < 4.78 is 28.1. The predicted octanol–water partition coefficient (Wildman–Crippen LogP) is 2.73. The van der Waals surface area contributed by atoms with E-state index in [9.17, 15) is 18.0 Å². The lowest BCUT2D eigenvalue weighted by Gasteiger charge is -2.31. The number of benzene rings is 1. The fraction of sp³-hybridized carbons (Fsp3) is 0.435. The summed E-state index contributed by atoms with van der Waals surface area (Å²) in [5, 5.41) is 2.80. The van der Waals surface area contributed by atoms with Gasteiger partial charge in [0.2, 0.25) is 21.8 Å². The summed E-state index contributed by atoms with van der Waals surface area (Å²) in [6, 6.07) is 8.54. The topological polar surface area (TPSA) is 99.7 Å². The largest absolute Gasteiger partial charge is 0.310 e. The number of anilines is 2. The summed E-state index contributed by atoms with van der Waals surface area (Å²) >= 11 is 0. The van der Waals surface area contributed by atoms with Crippen molar-refractivity contribution in [1.29, 1.82) is 0 Å². The average molecular weight is 457 g/mol. The van der Waals surface area contributed by atoms with Gasteiger partial charge in [0.1, 0.15) is 5.82 Å². The van der Waals surface area contributed by atoms with Gasteiger partial charge < -0.3 is 10.2 Å². The number of aryl methyl sites for hydroxylation is 1. The molecule has 0 radical (unpaired) electrons. The van der Waals surface area contributed by atoms with Gasteiger partial charge in [-0.15, -0.1) is 0 Å². The number of piperidine rings is 1. The van der Waals surface area contributed by atoms with Gasteiger partial charge in [-0.25, -0.2) is 13.4 Å². The Morgan fingerprint density at radius 1 is 1.19 bits per heavy atom. The van der Waals surface area contributed by atoms with Crippen molar-refractivity contribution in [3.63, 3.8) is 0 Å². The van der Waals surface area contributed by atoms with Crippen LogP contribution in [0, 0.1) is 12.8 Å². The first-order chi connectivity index (χ1) is 15.2. The second-order valence-corrected chi connectivity index (χ2v) is 10.6. The second kappa shape index (κ2) is 8.63. The molecule has 2 aliphatic rings. The molecule has 32 heavy (non-hydrogen) atoms. The van der Waals surface area contributed by atoms with Crippen LogP contribution < -0.4 is 10.2 Å². The monoisotopic (exact) mass is 456 g/mol. The Hall–Kier alpha value is -2.78. The van der Waals surface area contributed by atoms with Crippen LogP contribution >= 0.6 is 0 Å². The molecule has 3 heterocycles. The first-order valence-corrected chi connectivity index (χ1v) is 12.3. The summed E-state index contributed by atoms with van der Waals surface area (Å²) in [5.74, 6) is -0.256. The molecule has 2 atom stereocenters. The number of fused-ring (bicyclic) bond motifs is 1. The first-order valence-electron chi connectivity index (χ1n) is 10.8. The zero-order valence-electron chi connectivity index (χ0n) is 18.5. The van der Waals surface area contributed by atoms with Gasteiger partial charge >= 0.3 is 0 Å². The Labute approximate surface area is 188 Å². The minimum absolute atomic E-state index is 0.00102. The van der Waals surface area contributed by atoms with Crippen LogP contribution in [0.4, 0.5) is 11.5 Å². The van der Waals surface area contributed by atoms with Crippen molar-refractivity contribution < 1.29 is 18.0 Å². The van der Waals surface area contributed by atoms with Crippen molar-refractivity contribution in [2.45, 2.75) is 51.0 Å². The van der Waals surface area contributed by atoms with Crippen molar-refractivity contribution in [3.05, 3.63) is 47.7 Å². The lowest BCUT2D eigenvalue weighted by Crippen LogP contribution is -2.43. The summed E-state index contributed by atoms with van der Waals surface area (Å²) in [5.41, 5.74) is 2.61. The maximum Gasteiger partial charge on any atom is 0.243 e. The molecule has 1 aromatic carbocycles. The SMILES string of the molecule is CC(=O)N1c2ccc(S(=O)(=O)N3CCC[C@H](C(=O)Nc4ccc(C)cn4)C3)cc2C[C@@H]1C. The van der Waals surface area contributed by atoms with Gasteiger partial charge in [-0.2, -0.15) is 4.31 Å². The zero-order chi connectivity index (χ0) is 23.0. The molecule has 2 aliphatic heterocycles. The van der Waals surface area contributed by atoms with E-state index in [1.807, 2.05) is 19.9 Å². The highest BCUT2D eigenvalue weighted by Crippen LogP contribution is 2.35. The highest BCUT2D eigenvalue weighted by atomic mass is 32.2. The van der Waals surface area contributed by atoms with Crippen molar-refractivity contribution in [3.8, 4) is 0 Å². The number of sulfonamides is 1. The average Bonchev–Trinajstić information content (AvgIpc) is 3.10. The number of aromatic nitrogens is 1. The summed E-state index contributed by atoms with van der Waals surface area (Å²) in [7, 11) is -3.75. The van der Waals surface area contributed by atoms with Gasteiger partial charge in [0, 0.05) is 37.9 Å². The van der Waals surface area contributed by atoms with Gasteiger partial charge in [0.15, 0.2) is 0 Å². The maximum atomic E-state index is 13.3. The summed E-state index contributed by atoms with van der Waals surface area (Å²) in [4.78, 5) is 30.8. The Morgan fingerprint density at radius 2 is 1.97 bits per heavy atom. The number of pyridine rings is 1. The zero-order valence-corrected chi connectivity index (χ0v) is 19.4. The van der Waals surface area contributed by atoms with E-state index in [1.54, 1.807) is 35.4 Å². The molecule has 0 unspecified atom stereocenters. The molecule has 170 valence electrons. The van der Waals surface area contributed by atoms with Gasteiger partial charge in [-0.05, 0) is 68.5 Å². The van der Waals surface area contributed by atoms with Gasteiger partial charge in [0.05, 0.1) is 10.8 Å². The van der Waals surface area contributed by atoms with Crippen molar-refractivity contribution in [1.82, 2.24) is 9.29 Å². The molecule has 4 rings (SSSR count). The van der Waals surface area contributed by atoms with Crippen LogP contribution in [0.5, 0.6) is 0 Å². The number of hydrogen-bond donors (Lipinski definition) is 1. The Bertz CT molecular complexity index is 1150. The van der Waals surface area contributed by atoms with Gasteiger partial charge in [0.25, 0.3) is 0 Å². The maximum absolute atomic E-state index is 13.3. The Balaban J connectivity index is 1.50. The standard InChI is InChI=1S/C23H28N4O4S/c1-15-6-9-22(24-13-15)25-23(29)18-5-4-10-26(14-18)32(30,31)20-7-8-21-19(12-20)11-16(2)27(21)17(3)28/h6-9,12-13,16,18H,4-5,10-11,14H2,1-3H3,(H,24,25,29)/t16-,18-/m0/s1. The quantitative estimate of drug-likeness (QED) is 0.763.